The highest BCUT2D eigenvalue weighted by molar-refractivity contribution is 14.1. The number of benzene rings is 1. The first kappa shape index (κ1) is 12.3. The van der Waals surface area contributed by atoms with Crippen molar-refractivity contribution in [1.82, 2.24) is 0 Å². The molecule has 1 aromatic rings. The first-order valence-electron chi connectivity index (χ1n) is 4.32. The Bertz CT molecular complexity index is 390. The van der Waals surface area contributed by atoms with Crippen LogP contribution in [0.25, 0.3) is 0 Å². The minimum atomic E-state index is -1.28. The van der Waals surface area contributed by atoms with E-state index in [-0.39, 0.29) is 12.2 Å². The first-order chi connectivity index (χ1) is 6.83. The molecule has 82 valence electrons. The summed E-state index contributed by atoms with van der Waals surface area (Å²) in [6.45, 7) is 1.47. The average molecular weight is 317 g/mol. The van der Waals surface area contributed by atoms with E-state index in [4.69, 9.17) is 10.8 Å². The summed E-state index contributed by atoms with van der Waals surface area (Å²) in [6, 6.07) is 4.94. The molecule has 0 aromatic heterocycles. The fourth-order valence-corrected chi connectivity index (χ4v) is 1.74. The summed E-state index contributed by atoms with van der Waals surface area (Å²) in [4.78, 5) is 10.8. The number of hydrogen-bond acceptors (Lipinski definition) is 3. The molecule has 15 heavy (non-hydrogen) atoms. The van der Waals surface area contributed by atoms with Gasteiger partial charge in [0.05, 0.1) is 3.57 Å². The van der Waals surface area contributed by atoms with Gasteiger partial charge in [0.2, 0.25) is 0 Å². The fourth-order valence-electron chi connectivity index (χ4n) is 1.16. The van der Waals surface area contributed by atoms with Crippen LogP contribution in [0.1, 0.15) is 12.5 Å². The fraction of sp³-hybridized carbons (Fsp3) is 0.300. The van der Waals surface area contributed by atoms with E-state index in [2.05, 4.69) is 0 Å². The van der Waals surface area contributed by atoms with Gasteiger partial charge in [-0.05, 0) is 47.2 Å². The lowest BCUT2D eigenvalue weighted by Gasteiger charge is -2.19. The monoisotopic (exact) mass is 317 g/mol. The number of nitrogens with two attached hydrogens (primary N) is 1. The van der Waals surface area contributed by atoms with Crippen LogP contribution in [0.5, 0.6) is 5.75 Å². The van der Waals surface area contributed by atoms with Crippen LogP contribution in [0.15, 0.2) is 18.2 Å². The van der Waals surface area contributed by atoms with E-state index in [1.165, 1.54) is 13.0 Å². The van der Waals surface area contributed by atoms with E-state index in [0.717, 1.165) is 5.56 Å². The van der Waals surface area contributed by atoms with Gasteiger partial charge in [-0.2, -0.15) is 0 Å². The maximum Gasteiger partial charge on any atom is 0.323 e. The number of rotatable bonds is 3. The van der Waals surface area contributed by atoms with Crippen molar-refractivity contribution in [2.24, 2.45) is 5.73 Å². The van der Waals surface area contributed by atoms with Crippen LogP contribution in [-0.2, 0) is 11.2 Å². The number of halogens is 1. The minimum absolute atomic E-state index is 0.188. The van der Waals surface area contributed by atoms with Gasteiger partial charge in [0, 0.05) is 6.42 Å². The van der Waals surface area contributed by atoms with Crippen LogP contribution in [0.3, 0.4) is 0 Å². The van der Waals surface area contributed by atoms with E-state index >= 15 is 0 Å². The lowest BCUT2D eigenvalue weighted by atomic mass is 9.94. The van der Waals surface area contributed by atoms with E-state index < -0.39 is 11.5 Å². The Morgan fingerprint density at radius 2 is 2.20 bits per heavy atom. The van der Waals surface area contributed by atoms with Crippen LogP contribution in [0, 0.1) is 3.57 Å². The Kier molecular flexibility index (Phi) is 3.56. The highest BCUT2D eigenvalue weighted by atomic mass is 123. The third kappa shape index (κ3) is 3.07. The van der Waals surface area contributed by atoms with Gasteiger partial charge in [-0.3, -0.25) is 4.79 Å². The van der Waals surface area contributed by atoms with Crippen LogP contribution in [0.2, 0.25) is 0 Å². The summed E-state index contributed by atoms with van der Waals surface area (Å²) in [7, 11) is 0. The second-order valence-corrected chi connectivity index (χ2v) is 4.85. The van der Waals surface area contributed by atoms with Gasteiger partial charge in [-0.15, -0.1) is 0 Å². The van der Waals surface area contributed by atoms with Crippen LogP contribution < -0.4 is 5.73 Å². The molecule has 1 aromatic carbocycles. The molecule has 0 saturated heterocycles. The molecule has 4 N–H and O–H groups in total. The molecule has 0 amide bonds. The van der Waals surface area contributed by atoms with Gasteiger partial charge < -0.3 is 15.9 Å². The standard InChI is InChI=1S/C10H12INO3/c1-10(12,9(14)15)5-6-2-3-8(13)7(11)4-6/h2-4,13H,5,12H2,1H3,(H,14,15)/t10-/m0/s1/i11-4. The smallest absolute Gasteiger partial charge is 0.323 e. The SMILES string of the molecule is C[C@](N)(Cc1ccc(O)c([123I])c1)C(=O)O. The van der Waals surface area contributed by atoms with Crippen molar-refractivity contribution >= 4 is 28.6 Å². The maximum atomic E-state index is 10.8. The second-order valence-electron chi connectivity index (χ2n) is 3.69. The van der Waals surface area contributed by atoms with Crippen molar-refractivity contribution in [3.63, 3.8) is 0 Å². The number of phenols is 1. The zero-order valence-corrected chi connectivity index (χ0v) is 10.4. The zero-order valence-electron chi connectivity index (χ0n) is 8.20. The predicted molar refractivity (Wildman–Crippen MR) is 64.8 cm³/mol. The molecule has 4 nitrogen and oxygen atoms in total. The Morgan fingerprint density at radius 1 is 1.60 bits per heavy atom. The normalized spacial score (nSPS) is 14.6. The molecule has 0 fully saturated rings. The van der Waals surface area contributed by atoms with Crippen molar-refractivity contribution in [3.05, 3.63) is 27.3 Å². The van der Waals surface area contributed by atoms with Gasteiger partial charge >= 0.3 is 5.97 Å². The van der Waals surface area contributed by atoms with E-state index in [0.29, 0.717) is 3.57 Å². The molecule has 5 heteroatoms. The Balaban J connectivity index is 2.91. The number of hydrogen-bond donors (Lipinski definition) is 3. The minimum Gasteiger partial charge on any atom is -0.507 e. The van der Waals surface area contributed by atoms with Crippen LogP contribution >= 0.6 is 22.6 Å². The molecule has 0 spiro atoms. The summed E-state index contributed by atoms with van der Waals surface area (Å²) in [5.41, 5.74) is 5.13. The van der Waals surface area contributed by atoms with Gasteiger partial charge in [0.25, 0.3) is 0 Å². The summed E-state index contributed by atoms with van der Waals surface area (Å²) in [5, 5.41) is 18.1. The predicted octanol–water partition coefficient (Wildman–Crippen LogP) is 1.34. The summed E-state index contributed by atoms with van der Waals surface area (Å²) in [6.07, 6.45) is 0.235. The van der Waals surface area contributed by atoms with Crippen molar-refractivity contribution < 1.29 is 15.0 Å². The molecule has 0 aliphatic heterocycles. The van der Waals surface area contributed by atoms with E-state index in [9.17, 15) is 9.90 Å². The summed E-state index contributed by atoms with van der Waals surface area (Å²) < 4.78 is 0.686. The molecule has 0 bridgehead atoms. The Morgan fingerprint density at radius 3 is 2.67 bits per heavy atom. The number of phenolic OH excluding ortho intramolecular Hbond substituents is 1. The van der Waals surface area contributed by atoms with Crippen LogP contribution in [-0.4, -0.2) is 21.7 Å². The third-order valence-corrected chi connectivity index (χ3v) is 2.94. The molecule has 1 rings (SSSR count). The third-order valence-electron chi connectivity index (χ3n) is 2.07. The molecule has 0 saturated carbocycles. The second kappa shape index (κ2) is 4.36. The molecule has 0 heterocycles. The van der Waals surface area contributed by atoms with Gasteiger partial charge in [0.1, 0.15) is 11.3 Å². The van der Waals surface area contributed by atoms with Crippen LogP contribution in [0.4, 0.5) is 0 Å². The van der Waals surface area contributed by atoms with E-state index in [1.54, 1.807) is 12.1 Å². The quantitative estimate of drug-likeness (QED) is 0.735. The lowest BCUT2D eigenvalue weighted by molar-refractivity contribution is -0.142. The van der Waals surface area contributed by atoms with Gasteiger partial charge in [-0.25, -0.2) is 0 Å². The Hall–Kier alpha value is -0.820. The molecule has 0 unspecified atom stereocenters. The number of carbonyl (C=O) groups is 1. The highest BCUT2D eigenvalue weighted by Gasteiger charge is 2.28. The molecule has 1 atom stereocenters. The largest absolute Gasteiger partial charge is 0.507 e. The van der Waals surface area contributed by atoms with Crippen molar-refractivity contribution in [2.75, 3.05) is 0 Å². The first-order valence-corrected chi connectivity index (χ1v) is 5.40. The van der Waals surface area contributed by atoms with Gasteiger partial charge in [-0.1, -0.05) is 6.07 Å². The van der Waals surface area contributed by atoms with Crippen molar-refractivity contribution in [3.8, 4) is 5.75 Å². The molecular formula is C10H12INO3. The molecule has 0 aliphatic rings. The summed E-state index contributed by atoms with van der Waals surface area (Å²) >= 11 is 1.98. The number of aliphatic carboxylic acids is 1. The maximum absolute atomic E-state index is 10.8. The van der Waals surface area contributed by atoms with E-state index in [1.807, 2.05) is 22.6 Å². The molecule has 0 aliphatic carbocycles. The number of aromatic hydroxyl groups is 1. The summed E-state index contributed by atoms with van der Waals surface area (Å²) in [5.74, 6) is -0.848. The number of carboxylic acid groups (broad SMARTS) is 1. The van der Waals surface area contributed by atoms with Crippen molar-refractivity contribution in [2.45, 2.75) is 18.9 Å². The zero-order chi connectivity index (χ0) is 11.6. The van der Waals surface area contributed by atoms with Gasteiger partial charge in [0.15, 0.2) is 0 Å². The lowest BCUT2D eigenvalue weighted by Crippen LogP contribution is -2.46. The molecule has 0 radical (unpaired) electrons. The van der Waals surface area contributed by atoms with Crippen molar-refractivity contribution in [1.29, 1.82) is 0 Å². The highest BCUT2D eigenvalue weighted by Crippen LogP contribution is 2.22. The topological polar surface area (TPSA) is 83.5 Å². The number of carboxylic acids is 1. The average Bonchev–Trinajstić information content (AvgIpc) is 2.10. The molecular weight excluding hydrogens is 305 g/mol. The Labute approximate surface area is 101 Å².